The van der Waals surface area contributed by atoms with Crippen LogP contribution in [-0.4, -0.2) is 105 Å². The summed E-state index contributed by atoms with van der Waals surface area (Å²) in [6.07, 6.45) is 20.2. The van der Waals surface area contributed by atoms with Crippen molar-refractivity contribution in [3.8, 4) is 5.75 Å². The smallest absolute Gasteiger partial charge is 0.472 e. The van der Waals surface area contributed by atoms with Crippen LogP contribution in [0.3, 0.4) is 0 Å². The number of aromatic nitrogens is 1. The fourth-order valence-corrected chi connectivity index (χ4v) is 8.77. The number of carbonyl (C=O) groups excluding carboxylic acids is 4. The van der Waals surface area contributed by atoms with Gasteiger partial charge in [-0.05, 0) is 74.2 Å². The molecule has 16 heteroatoms. The summed E-state index contributed by atoms with van der Waals surface area (Å²) < 4.78 is 41.5. The zero-order chi connectivity index (χ0) is 49.8. The van der Waals surface area contributed by atoms with Crippen molar-refractivity contribution in [3.05, 3.63) is 64.3 Å². The SMILES string of the molecule is CCCCCCCCCCCCCCCCCC(=O)OCC(COP(=O)(O)OCC[N+](C)(C)C)OC(=O)CCCCCCNC(=O)Cc1c(C)n(C(=O)c2ccc(Cl)cc2)c2ccc(OC)cc12. The van der Waals surface area contributed by atoms with Gasteiger partial charge in [-0.2, -0.15) is 0 Å². The largest absolute Gasteiger partial charge is 0.497 e. The van der Waals surface area contributed by atoms with Crippen LogP contribution in [0.4, 0.5) is 0 Å². The van der Waals surface area contributed by atoms with Crippen molar-refractivity contribution in [3.63, 3.8) is 0 Å². The van der Waals surface area contributed by atoms with E-state index in [4.69, 9.17) is 34.9 Å². The Bertz CT molecular complexity index is 2020. The lowest BCUT2D eigenvalue weighted by Crippen LogP contribution is -2.37. The molecule has 1 aromatic heterocycles. The van der Waals surface area contributed by atoms with Crippen LogP contribution in [0.5, 0.6) is 5.75 Å². The molecular weight excluding hydrogens is 909 g/mol. The quantitative estimate of drug-likeness (QED) is 0.0244. The summed E-state index contributed by atoms with van der Waals surface area (Å²) in [6.45, 7) is 4.15. The number of rotatable bonds is 37. The summed E-state index contributed by atoms with van der Waals surface area (Å²) in [6, 6.07) is 12.1. The zero-order valence-corrected chi connectivity index (χ0v) is 43.6. The number of methoxy groups -OCH3 is 1. The first kappa shape index (κ1) is 58.5. The van der Waals surface area contributed by atoms with Crippen molar-refractivity contribution in [2.24, 2.45) is 0 Å². The lowest BCUT2D eigenvalue weighted by molar-refractivity contribution is -0.870. The van der Waals surface area contributed by atoms with Crippen molar-refractivity contribution in [2.75, 3.05) is 61.2 Å². The Hall–Kier alpha value is -3.78. The fourth-order valence-electron chi connectivity index (χ4n) is 7.90. The van der Waals surface area contributed by atoms with Gasteiger partial charge in [0.05, 0.1) is 46.8 Å². The predicted octanol–water partition coefficient (Wildman–Crippen LogP) is 11.5. The van der Waals surface area contributed by atoms with Crippen LogP contribution in [0, 0.1) is 6.92 Å². The minimum absolute atomic E-state index is 0.0195. The number of esters is 2. The molecule has 68 heavy (non-hydrogen) atoms. The van der Waals surface area contributed by atoms with Gasteiger partial charge in [0.25, 0.3) is 5.91 Å². The summed E-state index contributed by atoms with van der Waals surface area (Å²) in [5, 5.41) is 4.26. The number of ether oxygens (including phenoxy) is 3. The van der Waals surface area contributed by atoms with Crippen LogP contribution in [0.1, 0.15) is 163 Å². The van der Waals surface area contributed by atoms with E-state index in [0.717, 1.165) is 36.6 Å². The molecule has 14 nitrogen and oxygen atoms in total. The number of phosphoric ester groups is 1. The Morgan fingerprint density at radius 2 is 1.31 bits per heavy atom. The predicted molar refractivity (Wildman–Crippen MR) is 269 cm³/mol. The number of likely N-dealkylation sites (N-methyl/N-ethyl adjacent to an activating group) is 1. The minimum atomic E-state index is -4.46. The molecule has 1 amide bonds. The van der Waals surface area contributed by atoms with E-state index in [1.165, 1.54) is 70.6 Å². The highest BCUT2D eigenvalue weighted by Crippen LogP contribution is 2.43. The number of halogens is 1. The van der Waals surface area contributed by atoms with E-state index in [1.807, 2.05) is 40.2 Å². The molecule has 2 aromatic carbocycles. The Balaban J connectivity index is 1.39. The third-order valence-electron chi connectivity index (χ3n) is 12.0. The topological polar surface area (TPSA) is 169 Å². The summed E-state index contributed by atoms with van der Waals surface area (Å²) in [5.74, 6) is -0.785. The van der Waals surface area contributed by atoms with Crippen molar-refractivity contribution in [2.45, 2.75) is 161 Å². The average Bonchev–Trinajstić information content (AvgIpc) is 3.56. The van der Waals surface area contributed by atoms with E-state index in [2.05, 4.69) is 12.2 Å². The van der Waals surface area contributed by atoms with Crippen LogP contribution in [0.15, 0.2) is 42.5 Å². The van der Waals surface area contributed by atoms with Crippen molar-refractivity contribution in [1.29, 1.82) is 0 Å². The summed E-state index contributed by atoms with van der Waals surface area (Å²) >= 11 is 6.06. The number of nitrogens with zero attached hydrogens (tertiary/aromatic N) is 2. The van der Waals surface area contributed by atoms with Crippen LogP contribution in [0.2, 0.25) is 5.02 Å². The molecule has 0 saturated heterocycles. The van der Waals surface area contributed by atoms with Gasteiger partial charge in [-0.1, -0.05) is 121 Å². The number of benzene rings is 2. The molecule has 3 rings (SSSR count). The van der Waals surface area contributed by atoms with E-state index >= 15 is 0 Å². The molecule has 0 bridgehead atoms. The van der Waals surface area contributed by atoms with E-state index < -0.39 is 32.5 Å². The lowest BCUT2D eigenvalue weighted by atomic mass is 10.0. The number of hydrogen-bond donors (Lipinski definition) is 2. The molecule has 2 atom stereocenters. The fraction of sp³-hybridized carbons (Fsp3) is 0.654. The Labute approximate surface area is 411 Å². The highest BCUT2D eigenvalue weighted by Gasteiger charge is 2.27. The van der Waals surface area contributed by atoms with Crippen LogP contribution in [0.25, 0.3) is 10.9 Å². The maximum atomic E-state index is 13.6. The van der Waals surface area contributed by atoms with Crippen LogP contribution >= 0.6 is 19.4 Å². The van der Waals surface area contributed by atoms with Crippen molar-refractivity contribution in [1.82, 2.24) is 9.88 Å². The molecule has 0 saturated carbocycles. The molecule has 0 aliphatic heterocycles. The van der Waals surface area contributed by atoms with Gasteiger partial charge in [0, 0.05) is 41.1 Å². The second-order valence-electron chi connectivity index (χ2n) is 18.9. The van der Waals surface area contributed by atoms with Crippen molar-refractivity contribution >= 4 is 54.1 Å². The second kappa shape index (κ2) is 32.2. The molecule has 0 aliphatic carbocycles. The minimum Gasteiger partial charge on any atom is -0.497 e. The van der Waals surface area contributed by atoms with E-state index in [9.17, 15) is 28.6 Å². The van der Waals surface area contributed by atoms with E-state index in [1.54, 1.807) is 42.0 Å². The summed E-state index contributed by atoms with van der Waals surface area (Å²) in [4.78, 5) is 62.6. The maximum Gasteiger partial charge on any atom is 0.472 e. The van der Waals surface area contributed by atoms with Crippen LogP contribution in [-0.2, 0) is 43.9 Å². The zero-order valence-electron chi connectivity index (χ0n) is 42.0. The van der Waals surface area contributed by atoms with Gasteiger partial charge in [-0.25, -0.2) is 4.57 Å². The average molecular weight is 992 g/mol. The van der Waals surface area contributed by atoms with Crippen LogP contribution < -0.4 is 10.1 Å². The number of phosphoric acid groups is 1. The molecule has 1 heterocycles. The van der Waals surface area contributed by atoms with Gasteiger partial charge in [-0.3, -0.25) is 32.8 Å². The Morgan fingerprint density at radius 3 is 1.88 bits per heavy atom. The maximum absolute atomic E-state index is 13.6. The summed E-state index contributed by atoms with van der Waals surface area (Å²) in [5.41, 5.74) is 2.52. The van der Waals surface area contributed by atoms with Gasteiger partial charge in [0.1, 0.15) is 25.5 Å². The van der Waals surface area contributed by atoms with Gasteiger partial charge in [-0.15, -0.1) is 0 Å². The molecule has 0 spiro atoms. The number of quaternary nitrogens is 1. The first-order valence-electron chi connectivity index (χ1n) is 25.1. The standard InChI is InChI=1S/C52H81ClN3O11P/c1-7-8-9-10-11-12-13-14-15-16-17-18-19-20-23-26-50(58)64-39-45(40-66-68(61,62)65-36-35-56(3,4)5)67-51(59)27-24-21-22-25-34-54-49(57)38-46-41(2)55(48-33-32-44(63-6)37-47(46)48)52(60)42-28-30-43(53)31-29-42/h28-33,37,45H,7-27,34-36,38-40H2,1-6H3,(H-,54,57,61,62)/p+1. The Kier molecular flexibility index (Phi) is 27.7. The molecule has 0 aliphatic rings. The summed E-state index contributed by atoms with van der Waals surface area (Å²) in [7, 11) is 2.87. The first-order valence-corrected chi connectivity index (χ1v) is 26.9. The monoisotopic (exact) mass is 991 g/mol. The van der Waals surface area contributed by atoms with Crippen molar-refractivity contribution < 1.29 is 56.4 Å². The van der Waals surface area contributed by atoms with E-state index in [-0.39, 0.29) is 44.3 Å². The second-order valence-corrected chi connectivity index (χ2v) is 20.8. The van der Waals surface area contributed by atoms with Gasteiger partial charge in [0.15, 0.2) is 6.10 Å². The first-order chi connectivity index (χ1) is 32.5. The number of fused-ring (bicyclic) bond motifs is 1. The normalized spacial score (nSPS) is 13.0. The van der Waals surface area contributed by atoms with Gasteiger partial charge >= 0.3 is 19.8 Å². The number of carbonyl (C=O) groups is 4. The highest BCUT2D eigenvalue weighted by molar-refractivity contribution is 7.47. The lowest BCUT2D eigenvalue weighted by Gasteiger charge is -2.24. The number of unbranched alkanes of at least 4 members (excludes halogenated alkanes) is 17. The molecule has 3 aromatic rings. The number of hydrogen-bond acceptors (Lipinski definition) is 10. The molecule has 0 fully saturated rings. The molecule has 2 N–H and O–H groups in total. The molecular formula is C52H82ClN3O11P+. The van der Waals surface area contributed by atoms with E-state index in [0.29, 0.717) is 70.8 Å². The number of amides is 1. The van der Waals surface area contributed by atoms with Gasteiger partial charge < -0.3 is 28.9 Å². The third kappa shape index (κ3) is 23.7. The number of nitrogens with one attached hydrogen (secondary N) is 1. The van der Waals surface area contributed by atoms with Gasteiger partial charge in [0.2, 0.25) is 5.91 Å². The highest BCUT2D eigenvalue weighted by atomic mass is 35.5. The Morgan fingerprint density at radius 1 is 0.750 bits per heavy atom. The molecule has 2 unspecified atom stereocenters. The third-order valence-corrected chi connectivity index (χ3v) is 13.2. The molecule has 382 valence electrons. The molecule has 0 radical (unpaired) electrons.